The highest BCUT2D eigenvalue weighted by molar-refractivity contribution is 5.80. The van der Waals surface area contributed by atoms with Gasteiger partial charge < -0.3 is 5.32 Å². The molecule has 1 aromatic heterocycles. The zero-order valence-electron chi connectivity index (χ0n) is 16.4. The summed E-state index contributed by atoms with van der Waals surface area (Å²) in [6, 6.07) is 21.5. The predicted octanol–water partition coefficient (Wildman–Crippen LogP) is 4.47. The van der Waals surface area contributed by atoms with Crippen LogP contribution in [0.25, 0.3) is 16.6 Å². The molecule has 1 N–H and O–H groups in total. The molecule has 1 aliphatic rings. The number of halogens is 1. The van der Waals surface area contributed by atoms with E-state index in [-0.39, 0.29) is 10.9 Å². The van der Waals surface area contributed by atoms with E-state index in [2.05, 4.69) is 27.3 Å². The fourth-order valence-corrected chi connectivity index (χ4v) is 3.68. The molecule has 0 amide bonds. The molecule has 1 saturated heterocycles. The zero-order chi connectivity index (χ0) is 20.5. The van der Waals surface area contributed by atoms with Gasteiger partial charge in [0, 0.05) is 12.2 Å². The Bertz CT molecular complexity index is 1250. The van der Waals surface area contributed by atoms with Gasteiger partial charge in [-0.2, -0.15) is 0 Å². The lowest BCUT2D eigenvalue weighted by Gasteiger charge is -2.30. The Morgan fingerprint density at radius 3 is 2.43 bits per heavy atom. The van der Waals surface area contributed by atoms with Crippen molar-refractivity contribution in [3.05, 3.63) is 94.5 Å². The molecule has 3 aromatic carbocycles. The van der Waals surface area contributed by atoms with Crippen molar-refractivity contribution in [3.63, 3.8) is 0 Å². The molecular formula is C24H21FN4O. The molecule has 5 rings (SSSR count). The second kappa shape index (κ2) is 7.72. The van der Waals surface area contributed by atoms with Crippen LogP contribution in [0.4, 0.5) is 16.0 Å². The summed E-state index contributed by atoms with van der Waals surface area (Å²) in [6.07, 6.45) is 1.27. The first-order chi connectivity index (χ1) is 14.7. The van der Waals surface area contributed by atoms with Crippen molar-refractivity contribution in [2.75, 3.05) is 18.4 Å². The van der Waals surface area contributed by atoms with Crippen LogP contribution in [-0.2, 0) is 6.54 Å². The molecule has 0 unspecified atom stereocenters. The molecule has 30 heavy (non-hydrogen) atoms. The topological polar surface area (TPSA) is 50.2 Å². The number of fused-ring (bicyclic) bond motifs is 1. The fourth-order valence-electron chi connectivity index (χ4n) is 3.68. The molecule has 4 aromatic rings. The van der Waals surface area contributed by atoms with Gasteiger partial charge in [-0.1, -0.05) is 30.3 Å². The summed E-state index contributed by atoms with van der Waals surface area (Å²) in [6.45, 7) is 3.27. The van der Waals surface area contributed by atoms with Crippen LogP contribution in [-0.4, -0.2) is 27.5 Å². The number of aromatic nitrogens is 2. The summed E-state index contributed by atoms with van der Waals surface area (Å²) >= 11 is 0. The highest BCUT2D eigenvalue weighted by Crippen LogP contribution is 2.22. The summed E-state index contributed by atoms with van der Waals surface area (Å²) in [5.41, 5.74) is 2.88. The van der Waals surface area contributed by atoms with E-state index in [0.717, 1.165) is 25.3 Å². The maximum Gasteiger partial charge on any atom is 0.267 e. The standard InChI is InChI=1S/C24H21FN4O/c25-18-9-12-22-21(15-18)23(30)29(20-5-2-1-3-6-20)24(27-22)26-19-10-7-17(8-11-19)16-28-13-4-14-28/h1-3,5-12,15H,4,13-14,16H2,(H,26,27). The van der Waals surface area contributed by atoms with Crippen LogP contribution in [0.3, 0.4) is 0 Å². The van der Waals surface area contributed by atoms with E-state index in [4.69, 9.17) is 0 Å². The Hall–Kier alpha value is -3.51. The van der Waals surface area contributed by atoms with Crippen LogP contribution in [0.5, 0.6) is 0 Å². The smallest absolute Gasteiger partial charge is 0.267 e. The number of likely N-dealkylation sites (tertiary alicyclic amines) is 1. The van der Waals surface area contributed by atoms with Crippen molar-refractivity contribution < 1.29 is 4.39 Å². The molecule has 0 bridgehead atoms. The third kappa shape index (κ3) is 3.57. The third-order valence-electron chi connectivity index (χ3n) is 5.41. The van der Waals surface area contributed by atoms with Crippen LogP contribution in [0.15, 0.2) is 77.6 Å². The Balaban J connectivity index is 1.55. The average Bonchev–Trinajstić information content (AvgIpc) is 2.73. The SMILES string of the molecule is O=c1c2cc(F)ccc2nc(Nc2ccc(CN3CCC3)cc2)n1-c1ccccc1. The van der Waals surface area contributed by atoms with Crippen molar-refractivity contribution in [1.29, 1.82) is 0 Å². The summed E-state index contributed by atoms with van der Waals surface area (Å²) < 4.78 is 15.2. The monoisotopic (exact) mass is 400 g/mol. The molecule has 150 valence electrons. The Morgan fingerprint density at radius 2 is 1.73 bits per heavy atom. The number of nitrogens with zero attached hydrogens (tertiary/aromatic N) is 3. The first-order valence-corrected chi connectivity index (χ1v) is 10.0. The second-order valence-electron chi connectivity index (χ2n) is 7.52. The Kier molecular flexibility index (Phi) is 4.77. The van der Waals surface area contributed by atoms with E-state index in [1.165, 1.54) is 34.8 Å². The highest BCUT2D eigenvalue weighted by Gasteiger charge is 2.15. The summed E-state index contributed by atoms with van der Waals surface area (Å²) in [5, 5.41) is 3.52. The maximum atomic E-state index is 13.8. The van der Waals surface area contributed by atoms with Crippen molar-refractivity contribution in [2.45, 2.75) is 13.0 Å². The number of rotatable bonds is 5. The van der Waals surface area contributed by atoms with Crippen LogP contribution in [0.1, 0.15) is 12.0 Å². The normalized spacial score (nSPS) is 13.9. The average molecular weight is 400 g/mol. The van der Waals surface area contributed by atoms with E-state index in [1.807, 2.05) is 42.5 Å². The molecular weight excluding hydrogens is 379 g/mol. The molecule has 6 heteroatoms. The highest BCUT2D eigenvalue weighted by atomic mass is 19.1. The van der Waals surface area contributed by atoms with Crippen molar-refractivity contribution in [2.24, 2.45) is 0 Å². The Morgan fingerprint density at radius 1 is 0.967 bits per heavy atom. The molecule has 0 spiro atoms. The van der Waals surface area contributed by atoms with Crippen molar-refractivity contribution in [1.82, 2.24) is 14.5 Å². The van der Waals surface area contributed by atoms with E-state index >= 15 is 0 Å². The maximum absolute atomic E-state index is 13.8. The molecule has 0 radical (unpaired) electrons. The van der Waals surface area contributed by atoms with Gasteiger partial charge in [-0.3, -0.25) is 9.69 Å². The van der Waals surface area contributed by atoms with Crippen LogP contribution < -0.4 is 10.9 Å². The molecule has 0 atom stereocenters. The summed E-state index contributed by atoms with van der Waals surface area (Å²) in [4.78, 5) is 20.2. The largest absolute Gasteiger partial charge is 0.325 e. The predicted molar refractivity (Wildman–Crippen MR) is 117 cm³/mol. The van der Waals surface area contributed by atoms with Crippen molar-refractivity contribution >= 4 is 22.5 Å². The van der Waals surface area contributed by atoms with E-state index in [0.29, 0.717) is 17.2 Å². The van der Waals surface area contributed by atoms with E-state index in [9.17, 15) is 9.18 Å². The fraction of sp³-hybridized carbons (Fsp3) is 0.167. The quantitative estimate of drug-likeness (QED) is 0.537. The van der Waals surface area contributed by atoms with Gasteiger partial charge >= 0.3 is 0 Å². The summed E-state index contributed by atoms with van der Waals surface area (Å²) in [5.74, 6) is -0.0692. The number of hydrogen-bond donors (Lipinski definition) is 1. The van der Waals surface area contributed by atoms with Gasteiger partial charge in [0.1, 0.15) is 5.82 Å². The third-order valence-corrected chi connectivity index (χ3v) is 5.41. The molecule has 1 fully saturated rings. The zero-order valence-corrected chi connectivity index (χ0v) is 16.4. The first kappa shape index (κ1) is 18.5. The minimum atomic E-state index is -0.459. The number of anilines is 2. The van der Waals surface area contributed by atoms with Crippen LogP contribution in [0.2, 0.25) is 0 Å². The molecule has 0 saturated carbocycles. The van der Waals surface area contributed by atoms with Gasteiger partial charge in [-0.15, -0.1) is 0 Å². The first-order valence-electron chi connectivity index (χ1n) is 10.0. The van der Waals surface area contributed by atoms with Gasteiger partial charge in [0.15, 0.2) is 0 Å². The van der Waals surface area contributed by atoms with Crippen molar-refractivity contribution in [3.8, 4) is 5.69 Å². The summed E-state index contributed by atoms with van der Waals surface area (Å²) in [7, 11) is 0. The van der Waals surface area contributed by atoms with Gasteiger partial charge in [0.05, 0.1) is 16.6 Å². The van der Waals surface area contributed by atoms with Gasteiger partial charge in [-0.25, -0.2) is 13.9 Å². The lowest BCUT2D eigenvalue weighted by Crippen LogP contribution is -2.36. The van der Waals surface area contributed by atoms with Crippen LogP contribution >= 0.6 is 0 Å². The minimum absolute atomic E-state index is 0.245. The van der Waals surface area contributed by atoms with E-state index in [1.54, 1.807) is 0 Å². The Labute approximate surface area is 173 Å². The number of para-hydroxylation sites is 1. The lowest BCUT2D eigenvalue weighted by molar-refractivity contribution is 0.172. The number of hydrogen-bond acceptors (Lipinski definition) is 4. The molecule has 5 nitrogen and oxygen atoms in total. The number of benzene rings is 3. The second-order valence-corrected chi connectivity index (χ2v) is 7.52. The van der Waals surface area contributed by atoms with E-state index < -0.39 is 5.82 Å². The molecule has 1 aliphatic heterocycles. The molecule has 0 aliphatic carbocycles. The molecule has 2 heterocycles. The van der Waals surface area contributed by atoms with Crippen LogP contribution in [0, 0.1) is 5.82 Å². The minimum Gasteiger partial charge on any atom is -0.325 e. The number of nitrogens with one attached hydrogen (secondary N) is 1. The lowest BCUT2D eigenvalue weighted by atomic mass is 10.1. The van der Waals surface area contributed by atoms with Gasteiger partial charge in [0.2, 0.25) is 5.95 Å². The van der Waals surface area contributed by atoms with Gasteiger partial charge in [-0.05, 0) is 67.5 Å². The van der Waals surface area contributed by atoms with Gasteiger partial charge in [0.25, 0.3) is 5.56 Å².